The Hall–Kier alpha value is -1.19. The number of rotatable bonds is 9. The molecule has 0 radical (unpaired) electrons. The average molecular weight is 511 g/mol. The summed E-state index contributed by atoms with van der Waals surface area (Å²) in [7, 11) is -3.49. The summed E-state index contributed by atoms with van der Waals surface area (Å²) in [6.45, 7) is 4.50. The van der Waals surface area contributed by atoms with E-state index < -0.39 is 10.0 Å². The molecular formula is C24H35ClN4O2S2. The molecule has 2 aliphatic rings. The van der Waals surface area contributed by atoms with Gasteiger partial charge in [0, 0.05) is 22.0 Å². The van der Waals surface area contributed by atoms with E-state index in [2.05, 4.69) is 21.5 Å². The van der Waals surface area contributed by atoms with Crippen LogP contribution in [0.5, 0.6) is 0 Å². The Morgan fingerprint density at radius 1 is 1.15 bits per heavy atom. The lowest BCUT2D eigenvalue weighted by molar-refractivity contribution is 0.158. The van der Waals surface area contributed by atoms with Crippen molar-refractivity contribution < 1.29 is 8.42 Å². The monoisotopic (exact) mass is 510 g/mol. The molecule has 1 heterocycles. The average Bonchev–Trinajstić information content (AvgIpc) is 3.17. The molecule has 3 N–H and O–H groups in total. The number of halogens is 1. The lowest BCUT2D eigenvalue weighted by atomic mass is 9.84. The van der Waals surface area contributed by atoms with Gasteiger partial charge in [0.2, 0.25) is 10.0 Å². The minimum absolute atomic E-state index is 0.0159. The molecule has 1 fully saturated rings. The summed E-state index contributed by atoms with van der Waals surface area (Å²) >= 11 is 7.54. The van der Waals surface area contributed by atoms with E-state index in [1.165, 1.54) is 17.0 Å². The molecule has 6 nitrogen and oxygen atoms in total. The second-order valence-corrected chi connectivity index (χ2v) is 12.7. The normalized spacial score (nSPS) is 23.5. The van der Waals surface area contributed by atoms with E-state index in [1.807, 2.05) is 0 Å². The van der Waals surface area contributed by atoms with E-state index in [9.17, 15) is 8.42 Å². The number of hydrogen-bond donors (Lipinski definition) is 2. The van der Waals surface area contributed by atoms with Crippen LogP contribution in [0.3, 0.4) is 0 Å². The van der Waals surface area contributed by atoms with Crippen LogP contribution in [-0.4, -0.2) is 43.5 Å². The van der Waals surface area contributed by atoms with Gasteiger partial charge in [-0.15, -0.1) is 11.3 Å². The molecule has 1 saturated carbocycles. The molecule has 182 valence electrons. The fourth-order valence-corrected chi connectivity index (χ4v) is 7.65. The van der Waals surface area contributed by atoms with Crippen LogP contribution in [0.15, 0.2) is 29.2 Å². The zero-order valence-corrected chi connectivity index (χ0v) is 21.7. The van der Waals surface area contributed by atoms with Crippen molar-refractivity contribution in [1.82, 2.24) is 14.6 Å². The number of anilines is 1. The van der Waals surface area contributed by atoms with Gasteiger partial charge in [-0.3, -0.25) is 0 Å². The Labute approximate surface area is 207 Å². The predicted octanol–water partition coefficient (Wildman–Crippen LogP) is 4.88. The van der Waals surface area contributed by atoms with Gasteiger partial charge in [0.15, 0.2) is 5.13 Å². The Kier molecular flexibility index (Phi) is 8.33. The first-order chi connectivity index (χ1) is 15.8. The smallest absolute Gasteiger partial charge is 0.240 e. The maximum Gasteiger partial charge on any atom is 0.240 e. The van der Waals surface area contributed by atoms with Gasteiger partial charge < -0.3 is 10.6 Å². The summed E-state index contributed by atoms with van der Waals surface area (Å²) in [5, 5.41) is 1.24. The van der Waals surface area contributed by atoms with Gasteiger partial charge >= 0.3 is 0 Å². The summed E-state index contributed by atoms with van der Waals surface area (Å²) in [6.07, 6.45) is 9.57. The van der Waals surface area contributed by atoms with Crippen molar-refractivity contribution in [2.24, 2.45) is 5.92 Å². The summed E-state index contributed by atoms with van der Waals surface area (Å²) in [5.41, 5.74) is 7.14. The van der Waals surface area contributed by atoms with Crippen molar-refractivity contribution in [3.05, 3.63) is 39.9 Å². The number of hydrogen-bond acceptors (Lipinski definition) is 6. The molecule has 0 bridgehead atoms. The van der Waals surface area contributed by atoms with Gasteiger partial charge in [-0.05, 0) is 101 Å². The molecule has 2 aliphatic carbocycles. The number of thiazole rings is 1. The number of nitrogens with one attached hydrogen (secondary N) is 1. The molecule has 1 aromatic carbocycles. The Morgan fingerprint density at radius 2 is 1.88 bits per heavy atom. The quantitative estimate of drug-likeness (QED) is 0.502. The fourth-order valence-electron chi connectivity index (χ4n) is 5.27. The first-order valence-electron chi connectivity index (χ1n) is 12.1. The van der Waals surface area contributed by atoms with E-state index in [1.54, 1.807) is 35.6 Å². The number of nitrogens with two attached hydrogens (primary N) is 1. The number of aryl methyl sites for hydroxylation is 1. The van der Waals surface area contributed by atoms with Crippen LogP contribution >= 0.6 is 22.9 Å². The van der Waals surface area contributed by atoms with Crippen LogP contribution in [-0.2, 0) is 22.9 Å². The standard InChI is InChI=1S/C24H35ClN4O2S2/c1-2-14-29(20-9-12-22-23(16-20)32-24(26)27-22)15-13-17-3-7-19(8-4-17)28-33(30,31)21-10-5-18(25)6-11-21/h5-6,10-11,17,19-20,28H,2-4,7-9,12-16H2,1H3,(H2,26,27). The summed E-state index contributed by atoms with van der Waals surface area (Å²) in [4.78, 5) is 8.82. The largest absolute Gasteiger partial charge is 0.375 e. The van der Waals surface area contributed by atoms with Gasteiger partial charge in [0.25, 0.3) is 0 Å². The summed E-state index contributed by atoms with van der Waals surface area (Å²) < 4.78 is 28.2. The zero-order valence-electron chi connectivity index (χ0n) is 19.3. The van der Waals surface area contributed by atoms with Crippen molar-refractivity contribution in [1.29, 1.82) is 0 Å². The third kappa shape index (κ3) is 6.48. The van der Waals surface area contributed by atoms with Crippen LogP contribution in [0.1, 0.15) is 62.4 Å². The highest BCUT2D eigenvalue weighted by atomic mass is 35.5. The minimum atomic E-state index is -3.49. The van der Waals surface area contributed by atoms with Gasteiger partial charge in [-0.2, -0.15) is 0 Å². The second-order valence-electron chi connectivity index (χ2n) is 9.44. The molecule has 1 atom stereocenters. The molecule has 2 aromatic rings. The van der Waals surface area contributed by atoms with E-state index in [4.69, 9.17) is 17.3 Å². The van der Waals surface area contributed by atoms with Crippen molar-refractivity contribution in [3.8, 4) is 0 Å². The topological polar surface area (TPSA) is 88.3 Å². The maximum atomic E-state index is 12.7. The molecular weight excluding hydrogens is 476 g/mol. The fraction of sp³-hybridized carbons (Fsp3) is 0.625. The molecule has 0 aliphatic heterocycles. The van der Waals surface area contributed by atoms with Crippen LogP contribution in [0.25, 0.3) is 0 Å². The van der Waals surface area contributed by atoms with E-state index in [-0.39, 0.29) is 10.9 Å². The lowest BCUT2D eigenvalue weighted by Crippen LogP contribution is -2.41. The molecule has 0 amide bonds. The van der Waals surface area contributed by atoms with Gasteiger partial charge in [-0.1, -0.05) is 18.5 Å². The molecule has 4 rings (SSSR count). The minimum Gasteiger partial charge on any atom is -0.375 e. The second kappa shape index (κ2) is 11.0. The number of nitrogens with zero attached hydrogens (tertiary/aromatic N) is 2. The van der Waals surface area contributed by atoms with Crippen molar-refractivity contribution >= 4 is 38.1 Å². The highest BCUT2D eigenvalue weighted by Crippen LogP contribution is 2.32. The highest BCUT2D eigenvalue weighted by Gasteiger charge is 2.29. The van der Waals surface area contributed by atoms with E-state index >= 15 is 0 Å². The first-order valence-corrected chi connectivity index (χ1v) is 14.8. The van der Waals surface area contributed by atoms with E-state index in [0.717, 1.165) is 64.5 Å². The maximum absolute atomic E-state index is 12.7. The van der Waals surface area contributed by atoms with Gasteiger partial charge in [-0.25, -0.2) is 18.1 Å². The number of benzene rings is 1. The molecule has 1 unspecified atom stereocenters. The molecule has 33 heavy (non-hydrogen) atoms. The van der Waals surface area contributed by atoms with Crippen molar-refractivity contribution in [2.45, 2.75) is 81.7 Å². The SMILES string of the molecule is CCCN(CCC1CCC(NS(=O)(=O)c2ccc(Cl)cc2)CC1)C1CCc2nc(N)sc2C1. The molecule has 0 spiro atoms. The Morgan fingerprint density at radius 3 is 2.58 bits per heavy atom. The molecule has 9 heteroatoms. The first kappa shape index (κ1) is 24.9. The summed E-state index contributed by atoms with van der Waals surface area (Å²) in [5.74, 6) is 0.666. The van der Waals surface area contributed by atoms with Crippen LogP contribution in [0.2, 0.25) is 5.02 Å². The van der Waals surface area contributed by atoms with Crippen LogP contribution < -0.4 is 10.5 Å². The van der Waals surface area contributed by atoms with E-state index in [0.29, 0.717) is 22.1 Å². The van der Waals surface area contributed by atoms with Crippen LogP contribution in [0, 0.1) is 5.92 Å². The third-order valence-electron chi connectivity index (χ3n) is 7.07. The van der Waals surface area contributed by atoms with Crippen molar-refractivity contribution in [3.63, 3.8) is 0 Å². The van der Waals surface area contributed by atoms with Gasteiger partial charge in [0.1, 0.15) is 0 Å². The lowest BCUT2D eigenvalue weighted by Gasteiger charge is -2.36. The number of nitrogen functional groups attached to an aromatic ring is 1. The van der Waals surface area contributed by atoms with Crippen molar-refractivity contribution in [2.75, 3.05) is 18.8 Å². The zero-order chi connectivity index (χ0) is 23.4. The Bertz CT molecular complexity index is 1020. The predicted molar refractivity (Wildman–Crippen MR) is 136 cm³/mol. The van der Waals surface area contributed by atoms with Gasteiger partial charge in [0.05, 0.1) is 10.6 Å². The summed E-state index contributed by atoms with van der Waals surface area (Å²) in [6, 6.07) is 6.96. The highest BCUT2D eigenvalue weighted by molar-refractivity contribution is 7.89. The molecule has 1 aromatic heterocycles. The third-order valence-corrected chi connectivity index (χ3v) is 9.81. The number of fused-ring (bicyclic) bond motifs is 1. The van der Waals surface area contributed by atoms with Crippen LogP contribution in [0.4, 0.5) is 5.13 Å². The number of aromatic nitrogens is 1. The molecule has 0 saturated heterocycles. The Balaban J connectivity index is 1.25. The number of sulfonamides is 1.